The monoisotopic (exact) mass is 317 g/mol. The van der Waals surface area contributed by atoms with Crippen molar-refractivity contribution < 1.29 is 8.60 Å². The summed E-state index contributed by atoms with van der Waals surface area (Å²) in [5.41, 5.74) is 6.39. The third-order valence-corrected chi connectivity index (χ3v) is 4.48. The van der Waals surface area contributed by atoms with Gasteiger partial charge in [0.15, 0.2) is 0 Å². The molecule has 2 aromatic rings. The Morgan fingerprint density at radius 3 is 2.53 bits per heavy atom. The summed E-state index contributed by atoms with van der Waals surface area (Å²) in [7, 11) is -1.53. The standard InChI is InChI=1S/C13H10Cl2FNOS/c14-9-2-1-8(11(15)5-9)7-19(18)13-4-3-10(17)6-12(13)16/h1-6H,7,17H2. The van der Waals surface area contributed by atoms with E-state index in [2.05, 4.69) is 0 Å². The summed E-state index contributed by atoms with van der Waals surface area (Å²) in [6, 6.07) is 8.98. The summed E-state index contributed by atoms with van der Waals surface area (Å²) in [5, 5.41) is 0.912. The molecule has 0 spiro atoms. The minimum atomic E-state index is -1.53. The molecule has 0 aliphatic rings. The van der Waals surface area contributed by atoms with Gasteiger partial charge in [0.05, 0.1) is 21.4 Å². The maximum atomic E-state index is 13.6. The number of hydrogen-bond donors (Lipinski definition) is 1. The van der Waals surface area contributed by atoms with Crippen molar-refractivity contribution in [2.75, 3.05) is 5.73 Å². The molecule has 0 fully saturated rings. The van der Waals surface area contributed by atoms with Crippen LogP contribution in [0.1, 0.15) is 5.56 Å². The van der Waals surface area contributed by atoms with Crippen LogP contribution in [-0.2, 0) is 16.6 Å². The van der Waals surface area contributed by atoms with Crippen LogP contribution in [0, 0.1) is 5.82 Å². The largest absolute Gasteiger partial charge is 0.399 e. The smallest absolute Gasteiger partial charge is 0.141 e. The number of anilines is 1. The van der Waals surface area contributed by atoms with Gasteiger partial charge in [0.2, 0.25) is 0 Å². The quantitative estimate of drug-likeness (QED) is 0.869. The molecule has 0 bridgehead atoms. The van der Waals surface area contributed by atoms with Gasteiger partial charge in [0.1, 0.15) is 5.82 Å². The van der Waals surface area contributed by atoms with Gasteiger partial charge in [-0.2, -0.15) is 0 Å². The number of halogens is 3. The Labute approximate surface area is 122 Å². The number of benzene rings is 2. The molecule has 0 aliphatic heterocycles. The summed E-state index contributed by atoms with van der Waals surface area (Å²) < 4.78 is 25.8. The van der Waals surface area contributed by atoms with E-state index in [1.807, 2.05) is 0 Å². The highest BCUT2D eigenvalue weighted by Crippen LogP contribution is 2.25. The molecule has 0 saturated carbocycles. The Morgan fingerprint density at radius 2 is 1.89 bits per heavy atom. The minimum Gasteiger partial charge on any atom is -0.399 e. The first-order valence-electron chi connectivity index (χ1n) is 5.34. The molecule has 0 radical (unpaired) electrons. The van der Waals surface area contributed by atoms with Crippen LogP contribution in [0.15, 0.2) is 41.3 Å². The fraction of sp³-hybridized carbons (Fsp3) is 0.0769. The van der Waals surface area contributed by atoms with E-state index in [0.717, 1.165) is 6.07 Å². The summed E-state index contributed by atoms with van der Waals surface area (Å²) in [5.74, 6) is -0.458. The Balaban J connectivity index is 2.25. The van der Waals surface area contributed by atoms with Crippen molar-refractivity contribution in [3.05, 3.63) is 57.8 Å². The van der Waals surface area contributed by atoms with Gasteiger partial charge in [-0.05, 0) is 35.9 Å². The second-order valence-electron chi connectivity index (χ2n) is 3.92. The van der Waals surface area contributed by atoms with Crippen LogP contribution in [0.2, 0.25) is 10.0 Å². The summed E-state index contributed by atoms with van der Waals surface area (Å²) in [6.07, 6.45) is 0. The molecular weight excluding hydrogens is 308 g/mol. The van der Waals surface area contributed by atoms with Gasteiger partial charge >= 0.3 is 0 Å². The fourth-order valence-electron chi connectivity index (χ4n) is 1.56. The second-order valence-corrected chi connectivity index (χ2v) is 6.18. The molecular formula is C13H10Cl2FNOS. The van der Waals surface area contributed by atoms with Crippen molar-refractivity contribution in [2.45, 2.75) is 10.6 Å². The molecule has 0 aromatic heterocycles. The van der Waals surface area contributed by atoms with E-state index < -0.39 is 16.6 Å². The number of nitrogen functional groups attached to an aromatic ring is 1. The molecule has 2 N–H and O–H groups in total. The topological polar surface area (TPSA) is 43.1 Å². The first-order valence-corrected chi connectivity index (χ1v) is 7.42. The molecule has 100 valence electrons. The third kappa shape index (κ3) is 3.47. The van der Waals surface area contributed by atoms with Crippen molar-refractivity contribution in [3.8, 4) is 0 Å². The summed E-state index contributed by atoms with van der Waals surface area (Å²) in [6.45, 7) is 0. The maximum absolute atomic E-state index is 13.6. The van der Waals surface area contributed by atoms with E-state index in [1.54, 1.807) is 18.2 Å². The van der Waals surface area contributed by atoms with Crippen LogP contribution in [0.4, 0.5) is 10.1 Å². The lowest BCUT2D eigenvalue weighted by molar-refractivity contribution is 0.596. The Hall–Kier alpha value is -1.10. The van der Waals surface area contributed by atoms with Crippen LogP contribution < -0.4 is 5.73 Å². The number of nitrogens with two attached hydrogens (primary N) is 1. The highest BCUT2D eigenvalue weighted by molar-refractivity contribution is 7.84. The van der Waals surface area contributed by atoms with Gasteiger partial charge in [0.25, 0.3) is 0 Å². The highest BCUT2D eigenvalue weighted by Gasteiger charge is 2.13. The lowest BCUT2D eigenvalue weighted by Crippen LogP contribution is -2.01. The van der Waals surface area contributed by atoms with E-state index in [-0.39, 0.29) is 10.6 Å². The van der Waals surface area contributed by atoms with Crippen LogP contribution >= 0.6 is 23.2 Å². The molecule has 1 atom stereocenters. The zero-order valence-electron chi connectivity index (χ0n) is 9.70. The lowest BCUT2D eigenvalue weighted by Gasteiger charge is -2.07. The third-order valence-electron chi connectivity index (χ3n) is 2.50. The predicted octanol–water partition coefficient (Wildman–Crippen LogP) is 4.02. The average molecular weight is 318 g/mol. The molecule has 2 rings (SSSR count). The van der Waals surface area contributed by atoms with Crippen LogP contribution in [0.5, 0.6) is 0 Å². The van der Waals surface area contributed by atoms with Crippen LogP contribution in [0.25, 0.3) is 0 Å². The second kappa shape index (κ2) is 5.90. The molecule has 1 unspecified atom stereocenters. The maximum Gasteiger partial charge on any atom is 0.141 e. The summed E-state index contributed by atoms with van der Waals surface area (Å²) >= 11 is 11.8. The summed E-state index contributed by atoms with van der Waals surface area (Å²) in [4.78, 5) is 0.111. The normalized spacial score (nSPS) is 12.4. The number of hydrogen-bond acceptors (Lipinski definition) is 2. The first-order chi connectivity index (χ1) is 8.97. The van der Waals surface area contributed by atoms with Crippen molar-refractivity contribution >= 4 is 39.7 Å². The van der Waals surface area contributed by atoms with Crippen LogP contribution in [-0.4, -0.2) is 4.21 Å². The number of rotatable bonds is 3. The minimum absolute atomic E-state index is 0.111. The highest BCUT2D eigenvalue weighted by atomic mass is 35.5. The first kappa shape index (κ1) is 14.3. The average Bonchev–Trinajstić information content (AvgIpc) is 2.32. The molecule has 6 heteroatoms. The molecule has 0 saturated heterocycles. The predicted molar refractivity (Wildman–Crippen MR) is 77.4 cm³/mol. The van der Waals surface area contributed by atoms with E-state index in [1.165, 1.54) is 12.1 Å². The molecule has 0 heterocycles. The SMILES string of the molecule is Nc1ccc(S(=O)Cc2ccc(Cl)cc2Cl)c(F)c1. The van der Waals surface area contributed by atoms with Gasteiger partial charge < -0.3 is 5.73 Å². The van der Waals surface area contributed by atoms with Gasteiger partial charge in [-0.25, -0.2) is 4.39 Å². The van der Waals surface area contributed by atoms with Gasteiger partial charge in [-0.1, -0.05) is 29.3 Å². The Kier molecular flexibility index (Phi) is 4.45. The fourth-order valence-corrected chi connectivity index (χ4v) is 3.30. The zero-order valence-corrected chi connectivity index (χ0v) is 12.0. The molecule has 0 aliphatic carbocycles. The van der Waals surface area contributed by atoms with Crippen molar-refractivity contribution in [1.82, 2.24) is 0 Å². The van der Waals surface area contributed by atoms with E-state index in [0.29, 0.717) is 21.3 Å². The van der Waals surface area contributed by atoms with E-state index in [4.69, 9.17) is 28.9 Å². The van der Waals surface area contributed by atoms with Gasteiger partial charge in [-0.15, -0.1) is 0 Å². The van der Waals surface area contributed by atoms with Crippen LogP contribution in [0.3, 0.4) is 0 Å². The van der Waals surface area contributed by atoms with E-state index in [9.17, 15) is 8.60 Å². The lowest BCUT2D eigenvalue weighted by atomic mass is 10.2. The molecule has 2 nitrogen and oxygen atoms in total. The van der Waals surface area contributed by atoms with Crippen molar-refractivity contribution in [2.24, 2.45) is 0 Å². The zero-order chi connectivity index (χ0) is 14.0. The molecule has 0 amide bonds. The van der Waals surface area contributed by atoms with Gasteiger partial charge in [0, 0.05) is 15.7 Å². The van der Waals surface area contributed by atoms with Gasteiger partial charge in [-0.3, -0.25) is 4.21 Å². The molecule has 19 heavy (non-hydrogen) atoms. The molecule has 2 aromatic carbocycles. The van der Waals surface area contributed by atoms with E-state index >= 15 is 0 Å². The van der Waals surface area contributed by atoms with Crippen molar-refractivity contribution in [1.29, 1.82) is 0 Å². The van der Waals surface area contributed by atoms with Crippen molar-refractivity contribution in [3.63, 3.8) is 0 Å². The Morgan fingerprint density at radius 1 is 1.16 bits per heavy atom. The Bertz CT molecular complexity index is 649.